The van der Waals surface area contributed by atoms with Crippen molar-refractivity contribution in [1.29, 1.82) is 0 Å². The summed E-state index contributed by atoms with van der Waals surface area (Å²) >= 11 is 0. The monoisotopic (exact) mass is 215 g/mol. The van der Waals surface area contributed by atoms with Gasteiger partial charge in [-0.3, -0.25) is 0 Å². The zero-order valence-corrected chi connectivity index (χ0v) is 9.61. The van der Waals surface area contributed by atoms with Crippen LogP contribution >= 0.6 is 0 Å². The van der Waals surface area contributed by atoms with Crippen LogP contribution in [0.25, 0.3) is 11.0 Å². The summed E-state index contributed by atoms with van der Waals surface area (Å²) in [4.78, 5) is 4.50. The summed E-state index contributed by atoms with van der Waals surface area (Å²) in [6.07, 6.45) is 4.42. The highest BCUT2D eigenvalue weighted by molar-refractivity contribution is 5.76. The molecule has 1 N–H and O–H groups in total. The van der Waals surface area contributed by atoms with Gasteiger partial charge >= 0.3 is 0 Å². The van der Waals surface area contributed by atoms with Crippen molar-refractivity contribution in [2.75, 3.05) is 13.1 Å². The third-order valence-electron chi connectivity index (χ3n) is 3.43. The van der Waals surface area contributed by atoms with Crippen LogP contribution in [0.5, 0.6) is 0 Å². The van der Waals surface area contributed by atoms with Crippen LogP contribution in [-0.2, 0) is 0 Å². The Balaban J connectivity index is 2.03. The normalized spacial score (nSPS) is 18.1. The zero-order chi connectivity index (χ0) is 11.0. The van der Waals surface area contributed by atoms with Crippen molar-refractivity contribution < 1.29 is 0 Å². The lowest BCUT2D eigenvalue weighted by atomic mass is 10.1. The molecule has 0 atom stereocenters. The first-order chi connectivity index (χ1) is 7.84. The topological polar surface area (TPSA) is 29.9 Å². The van der Waals surface area contributed by atoms with E-state index in [-0.39, 0.29) is 0 Å². The molecule has 3 rings (SSSR count). The second-order valence-corrected chi connectivity index (χ2v) is 4.63. The zero-order valence-electron chi connectivity index (χ0n) is 9.61. The van der Waals surface area contributed by atoms with Gasteiger partial charge in [0, 0.05) is 6.04 Å². The van der Waals surface area contributed by atoms with E-state index in [1.54, 1.807) is 0 Å². The predicted molar refractivity (Wildman–Crippen MR) is 65.6 cm³/mol. The predicted octanol–water partition coefficient (Wildman–Crippen LogP) is 2.27. The van der Waals surface area contributed by atoms with Crippen molar-refractivity contribution in [3.05, 3.63) is 30.1 Å². The molecule has 3 nitrogen and oxygen atoms in total. The number of imidazole rings is 1. The van der Waals surface area contributed by atoms with Gasteiger partial charge in [0.25, 0.3) is 0 Å². The first kappa shape index (κ1) is 9.85. The van der Waals surface area contributed by atoms with Crippen molar-refractivity contribution in [3.8, 4) is 0 Å². The summed E-state index contributed by atoms with van der Waals surface area (Å²) in [7, 11) is 0. The molecule has 1 aromatic heterocycles. The molecule has 1 aliphatic heterocycles. The summed E-state index contributed by atoms with van der Waals surface area (Å²) in [6.45, 7) is 4.36. The van der Waals surface area contributed by atoms with E-state index in [0.29, 0.717) is 6.04 Å². The van der Waals surface area contributed by atoms with E-state index in [1.807, 2.05) is 6.33 Å². The lowest BCUT2D eigenvalue weighted by molar-refractivity contribution is 0.374. The highest BCUT2D eigenvalue weighted by atomic mass is 15.1. The molecule has 2 heterocycles. The minimum atomic E-state index is 0.619. The smallest absolute Gasteiger partial charge is 0.0960 e. The van der Waals surface area contributed by atoms with Gasteiger partial charge < -0.3 is 9.88 Å². The number of aromatic nitrogens is 2. The fourth-order valence-electron chi connectivity index (χ4n) is 2.52. The Kier molecular flexibility index (Phi) is 2.40. The molecule has 0 aliphatic carbocycles. The van der Waals surface area contributed by atoms with Crippen molar-refractivity contribution in [2.24, 2.45) is 0 Å². The minimum absolute atomic E-state index is 0.619. The standard InChI is InChI=1S/C13H17N3/c1-10-2-3-13-12(8-10)15-9-16(13)11-4-6-14-7-5-11/h2-3,8-9,11,14H,4-7H2,1H3. The molecule has 0 spiro atoms. The van der Waals surface area contributed by atoms with Crippen LogP contribution in [0.1, 0.15) is 24.4 Å². The van der Waals surface area contributed by atoms with Gasteiger partial charge in [-0.1, -0.05) is 6.07 Å². The summed E-state index contributed by atoms with van der Waals surface area (Å²) in [5.41, 5.74) is 3.68. The maximum absolute atomic E-state index is 4.50. The molecule has 1 aliphatic rings. The SMILES string of the molecule is Cc1ccc2c(c1)ncn2C1CCNCC1. The van der Waals surface area contributed by atoms with Crippen molar-refractivity contribution in [2.45, 2.75) is 25.8 Å². The van der Waals surface area contributed by atoms with E-state index in [9.17, 15) is 0 Å². The number of nitrogens with one attached hydrogen (secondary N) is 1. The van der Waals surface area contributed by atoms with Crippen LogP contribution in [-0.4, -0.2) is 22.6 Å². The van der Waals surface area contributed by atoms with Crippen LogP contribution in [0.2, 0.25) is 0 Å². The Bertz CT molecular complexity index is 495. The average Bonchev–Trinajstić information content (AvgIpc) is 2.73. The number of aryl methyl sites for hydroxylation is 1. The molecular weight excluding hydrogens is 198 g/mol. The molecule has 1 fully saturated rings. The first-order valence-corrected chi connectivity index (χ1v) is 5.98. The lowest BCUT2D eigenvalue weighted by Gasteiger charge is -2.24. The Morgan fingerprint density at radius 3 is 2.94 bits per heavy atom. The molecule has 3 heteroatoms. The highest BCUT2D eigenvalue weighted by Crippen LogP contribution is 2.24. The van der Waals surface area contributed by atoms with Gasteiger partial charge in [0.15, 0.2) is 0 Å². The number of nitrogens with zero attached hydrogens (tertiary/aromatic N) is 2. The number of hydrogen-bond donors (Lipinski definition) is 1. The summed E-state index contributed by atoms with van der Waals surface area (Å²) < 4.78 is 2.34. The largest absolute Gasteiger partial charge is 0.327 e. The van der Waals surface area contributed by atoms with Crippen LogP contribution in [0.15, 0.2) is 24.5 Å². The van der Waals surface area contributed by atoms with E-state index in [4.69, 9.17) is 0 Å². The number of piperidine rings is 1. The molecule has 0 bridgehead atoms. The fraction of sp³-hybridized carbons (Fsp3) is 0.462. The molecule has 16 heavy (non-hydrogen) atoms. The van der Waals surface area contributed by atoms with Crippen molar-refractivity contribution in [3.63, 3.8) is 0 Å². The summed E-state index contributed by atoms with van der Waals surface area (Å²) in [6, 6.07) is 7.14. The molecule has 84 valence electrons. The lowest BCUT2D eigenvalue weighted by Crippen LogP contribution is -2.29. The summed E-state index contributed by atoms with van der Waals surface area (Å²) in [5.74, 6) is 0. The molecule has 0 radical (unpaired) electrons. The molecule has 0 unspecified atom stereocenters. The number of rotatable bonds is 1. The number of benzene rings is 1. The first-order valence-electron chi connectivity index (χ1n) is 5.98. The van der Waals surface area contributed by atoms with Crippen LogP contribution < -0.4 is 5.32 Å². The van der Waals surface area contributed by atoms with Crippen LogP contribution in [0.3, 0.4) is 0 Å². The fourth-order valence-corrected chi connectivity index (χ4v) is 2.52. The van der Waals surface area contributed by atoms with E-state index in [0.717, 1.165) is 18.6 Å². The van der Waals surface area contributed by atoms with Crippen molar-refractivity contribution >= 4 is 11.0 Å². The maximum atomic E-state index is 4.50. The Labute approximate surface area is 95.5 Å². The molecule has 0 amide bonds. The second kappa shape index (κ2) is 3.91. The van der Waals surface area contributed by atoms with Gasteiger partial charge in [0.1, 0.15) is 0 Å². The third kappa shape index (κ3) is 1.61. The van der Waals surface area contributed by atoms with Gasteiger partial charge in [0.2, 0.25) is 0 Å². The molecule has 2 aromatic rings. The Morgan fingerprint density at radius 1 is 1.31 bits per heavy atom. The second-order valence-electron chi connectivity index (χ2n) is 4.63. The number of hydrogen-bond acceptors (Lipinski definition) is 2. The number of fused-ring (bicyclic) bond motifs is 1. The van der Waals surface area contributed by atoms with E-state index in [2.05, 4.69) is 40.0 Å². The van der Waals surface area contributed by atoms with Gasteiger partial charge in [-0.25, -0.2) is 4.98 Å². The van der Waals surface area contributed by atoms with Gasteiger partial charge in [0.05, 0.1) is 17.4 Å². The van der Waals surface area contributed by atoms with E-state index in [1.165, 1.54) is 23.9 Å². The average molecular weight is 215 g/mol. The Morgan fingerprint density at radius 2 is 2.12 bits per heavy atom. The van der Waals surface area contributed by atoms with E-state index >= 15 is 0 Å². The van der Waals surface area contributed by atoms with Crippen molar-refractivity contribution in [1.82, 2.24) is 14.9 Å². The van der Waals surface area contributed by atoms with E-state index < -0.39 is 0 Å². The minimum Gasteiger partial charge on any atom is -0.327 e. The van der Waals surface area contributed by atoms with Gasteiger partial charge in [-0.15, -0.1) is 0 Å². The van der Waals surface area contributed by atoms with Gasteiger partial charge in [-0.05, 0) is 50.6 Å². The molecule has 1 aromatic carbocycles. The maximum Gasteiger partial charge on any atom is 0.0960 e. The Hall–Kier alpha value is -1.35. The van der Waals surface area contributed by atoms with Crippen LogP contribution in [0, 0.1) is 6.92 Å². The quantitative estimate of drug-likeness (QED) is 0.791. The van der Waals surface area contributed by atoms with Gasteiger partial charge in [-0.2, -0.15) is 0 Å². The molecular formula is C13H17N3. The molecule has 0 saturated carbocycles. The summed E-state index contributed by atoms with van der Waals surface area (Å²) in [5, 5.41) is 3.40. The third-order valence-corrected chi connectivity index (χ3v) is 3.43. The molecule has 1 saturated heterocycles. The highest BCUT2D eigenvalue weighted by Gasteiger charge is 2.16. The van der Waals surface area contributed by atoms with Crippen LogP contribution in [0.4, 0.5) is 0 Å².